The number of rotatable bonds is 3. The van der Waals surface area contributed by atoms with Crippen LogP contribution < -0.4 is 10.7 Å². The third-order valence-electron chi connectivity index (χ3n) is 3.34. The molecule has 0 saturated heterocycles. The van der Waals surface area contributed by atoms with Crippen LogP contribution in [0.15, 0.2) is 34.4 Å². The van der Waals surface area contributed by atoms with Crippen LogP contribution in [-0.2, 0) is 4.74 Å². The molecule has 0 atom stereocenters. The molecule has 2 aromatic heterocycles. The highest BCUT2D eigenvalue weighted by atomic mass is 32.1. The lowest BCUT2D eigenvalue weighted by atomic mass is 10.1. The maximum atomic E-state index is 12.3. The highest BCUT2D eigenvalue weighted by Gasteiger charge is 2.11. The molecule has 3 rings (SSSR count). The number of hydrogen-bond acceptors (Lipinski definition) is 5. The number of benzene rings is 1. The minimum Gasteiger partial charge on any atom is -0.450 e. The van der Waals surface area contributed by atoms with E-state index in [2.05, 4.69) is 15.3 Å². The van der Waals surface area contributed by atoms with Crippen molar-refractivity contribution in [1.29, 1.82) is 0 Å². The quantitative estimate of drug-likeness (QED) is 0.718. The molecule has 1 amide bonds. The Morgan fingerprint density at radius 1 is 1.36 bits per heavy atom. The van der Waals surface area contributed by atoms with Crippen LogP contribution in [0.1, 0.15) is 26.3 Å². The van der Waals surface area contributed by atoms with E-state index in [1.54, 1.807) is 18.4 Å². The molecule has 0 fully saturated rings. The van der Waals surface area contributed by atoms with Crippen LogP contribution in [0, 0.1) is 6.92 Å². The number of anilines is 1. The van der Waals surface area contributed by atoms with Crippen LogP contribution in [-0.4, -0.2) is 22.7 Å². The lowest BCUT2D eigenvalue weighted by molar-refractivity contribution is 0.168. The minimum absolute atomic E-state index is 0.0645. The molecule has 0 bridgehead atoms. The third kappa shape index (κ3) is 4.24. The molecule has 0 aliphatic heterocycles. The van der Waals surface area contributed by atoms with E-state index in [1.165, 1.54) is 17.4 Å². The molecule has 25 heavy (non-hydrogen) atoms. The topological polar surface area (TPSA) is 84.1 Å². The van der Waals surface area contributed by atoms with E-state index in [-0.39, 0.29) is 5.43 Å². The Hall–Kier alpha value is -2.67. The highest BCUT2D eigenvalue weighted by Crippen LogP contribution is 2.24. The number of H-pyrrole nitrogens is 1. The van der Waals surface area contributed by atoms with E-state index >= 15 is 0 Å². The van der Waals surface area contributed by atoms with Gasteiger partial charge in [0.05, 0.1) is 23.5 Å². The number of nitrogens with zero attached hydrogens (tertiary/aromatic N) is 1. The van der Waals surface area contributed by atoms with Gasteiger partial charge in [-0.1, -0.05) is 26.0 Å². The molecule has 0 aliphatic rings. The number of ether oxygens (including phenoxy) is 1. The fraction of sp³-hybridized carbons (Fsp3) is 0.278. The Morgan fingerprint density at radius 2 is 2.12 bits per heavy atom. The Bertz CT molecular complexity index is 931. The first-order chi connectivity index (χ1) is 12.1. The van der Waals surface area contributed by atoms with Crippen molar-refractivity contribution in [3.8, 4) is 11.4 Å². The summed E-state index contributed by atoms with van der Waals surface area (Å²) >= 11 is 1.27. The van der Waals surface area contributed by atoms with Gasteiger partial charge in [-0.25, -0.2) is 9.78 Å². The standard InChI is InChI=1S/C16H15N3O3S.C2H6/c1-3-22-16(21)19-15-18-12(8-23-15)11-7-13(20)10-6-4-5-9(2)14(10)17-11;1-2/h4-8H,3H2,1-2H3,(H,17,20)(H,18,19,21);1-2H3. The SMILES string of the molecule is CC.CCOC(=O)Nc1nc(-c2cc(=O)c3cccc(C)c3[nH]2)cs1. The van der Waals surface area contributed by atoms with E-state index in [0.717, 1.165) is 11.1 Å². The fourth-order valence-electron chi connectivity index (χ4n) is 2.27. The van der Waals surface area contributed by atoms with E-state index in [4.69, 9.17) is 4.74 Å². The van der Waals surface area contributed by atoms with Gasteiger partial charge in [0.25, 0.3) is 0 Å². The summed E-state index contributed by atoms with van der Waals surface area (Å²) in [4.78, 5) is 31.2. The van der Waals surface area contributed by atoms with E-state index in [1.807, 2.05) is 32.9 Å². The zero-order chi connectivity index (χ0) is 18.4. The van der Waals surface area contributed by atoms with Crippen LogP contribution in [0.2, 0.25) is 0 Å². The average molecular weight is 359 g/mol. The van der Waals surface area contributed by atoms with Gasteiger partial charge in [0.1, 0.15) is 0 Å². The predicted octanol–water partition coefficient (Wildman–Crippen LogP) is 4.55. The lowest BCUT2D eigenvalue weighted by Crippen LogP contribution is -2.13. The molecule has 0 aliphatic carbocycles. The van der Waals surface area contributed by atoms with Gasteiger partial charge in [-0.05, 0) is 25.5 Å². The van der Waals surface area contributed by atoms with E-state index in [9.17, 15) is 9.59 Å². The van der Waals surface area contributed by atoms with Crippen molar-refractivity contribution in [2.75, 3.05) is 11.9 Å². The Kier molecular flexibility index (Phi) is 6.30. The number of hydrogen-bond donors (Lipinski definition) is 2. The smallest absolute Gasteiger partial charge is 0.413 e. The van der Waals surface area contributed by atoms with Gasteiger partial charge < -0.3 is 9.72 Å². The minimum atomic E-state index is -0.545. The summed E-state index contributed by atoms with van der Waals surface area (Å²) in [5, 5.41) is 5.39. The van der Waals surface area contributed by atoms with Gasteiger partial charge in [0, 0.05) is 16.8 Å². The van der Waals surface area contributed by atoms with Crippen molar-refractivity contribution in [1.82, 2.24) is 9.97 Å². The van der Waals surface area contributed by atoms with Crippen molar-refractivity contribution in [2.45, 2.75) is 27.7 Å². The van der Waals surface area contributed by atoms with Gasteiger partial charge in [-0.15, -0.1) is 11.3 Å². The number of thiazole rings is 1. The summed E-state index contributed by atoms with van der Waals surface area (Å²) in [6.45, 7) is 7.97. The number of fused-ring (bicyclic) bond motifs is 1. The molecular formula is C18H21N3O3S. The molecule has 0 unspecified atom stereocenters. The molecule has 0 spiro atoms. The Morgan fingerprint density at radius 3 is 2.84 bits per heavy atom. The molecule has 6 nitrogen and oxygen atoms in total. The highest BCUT2D eigenvalue weighted by molar-refractivity contribution is 7.14. The number of aromatic nitrogens is 2. The number of carbonyl (C=O) groups is 1. The summed E-state index contributed by atoms with van der Waals surface area (Å²) in [7, 11) is 0. The maximum absolute atomic E-state index is 12.3. The lowest BCUT2D eigenvalue weighted by Gasteiger charge is -2.04. The third-order valence-corrected chi connectivity index (χ3v) is 4.10. The van der Waals surface area contributed by atoms with E-state index in [0.29, 0.717) is 28.5 Å². The Labute approximate surface area is 149 Å². The zero-order valence-corrected chi connectivity index (χ0v) is 15.5. The number of amides is 1. The Balaban J connectivity index is 0.00000109. The van der Waals surface area contributed by atoms with Crippen molar-refractivity contribution in [2.24, 2.45) is 0 Å². The first-order valence-corrected chi connectivity index (χ1v) is 8.98. The van der Waals surface area contributed by atoms with Gasteiger partial charge in [-0.2, -0.15) is 0 Å². The molecule has 0 radical (unpaired) electrons. The van der Waals surface area contributed by atoms with E-state index < -0.39 is 6.09 Å². The molecule has 2 heterocycles. The van der Waals surface area contributed by atoms with Crippen molar-refractivity contribution in [3.63, 3.8) is 0 Å². The predicted molar refractivity (Wildman–Crippen MR) is 102 cm³/mol. The average Bonchev–Trinajstić information content (AvgIpc) is 3.06. The van der Waals surface area contributed by atoms with Gasteiger partial charge in [0.15, 0.2) is 10.6 Å². The molecule has 1 aromatic carbocycles. The van der Waals surface area contributed by atoms with Crippen molar-refractivity contribution >= 4 is 33.5 Å². The largest absolute Gasteiger partial charge is 0.450 e. The molecular weight excluding hydrogens is 338 g/mol. The molecule has 3 aromatic rings. The van der Waals surface area contributed by atoms with Crippen LogP contribution in [0.5, 0.6) is 0 Å². The first-order valence-electron chi connectivity index (χ1n) is 8.11. The van der Waals surface area contributed by atoms with Crippen LogP contribution >= 0.6 is 11.3 Å². The summed E-state index contributed by atoms with van der Waals surface area (Å²) in [6, 6.07) is 7.11. The molecule has 0 saturated carbocycles. The number of pyridine rings is 1. The van der Waals surface area contributed by atoms with Crippen LogP contribution in [0.25, 0.3) is 22.3 Å². The second-order valence-electron chi connectivity index (χ2n) is 4.93. The van der Waals surface area contributed by atoms with Crippen LogP contribution in [0.4, 0.5) is 9.93 Å². The van der Waals surface area contributed by atoms with Crippen molar-refractivity contribution in [3.05, 3.63) is 45.4 Å². The normalized spacial score (nSPS) is 10.1. The summed E-state index contributed by atoms with van der Waals surface area (Å²) < 4.78 is 4.81. The number of aryl methyl sites for hydroxylation is 1. The summed E-state index contributed by atoms with van der Waals surface area (Å²) in [5.74, 6) is 0. The molecule has 7 heteroatoms. The second-order valence-corrected chi connectivity index (χ2v) is 5.79. The summed E-state index contributed by atoms with van der Waals surface area (Å²) in [6.07, 6.45) is -0.545. The van der Waals surface area contributed by atoms with Gasteiger partial charge in [0.2, 0.25) is 0 Å². The first kappa shape index (κ1) is 18.7. The van der Waals surface area contributed by atoms with Gasteiger partial charge in [-0.3, -0.25) is 10.1 Å². The number of aromatic amines is 1. The fourth-order valence-corrected chi connectivity index (χ4v) is 2.96. The molecule has 132 valence electrons. The van der Waals surface area contributed by atoms with Crippen molar-refractivity contribution < 1.29 is 9.53 Å². The number of nitrogens with one attached hydrogen (secondary N) is 2. The van der Waals surface area contributed by atoms with Crippen LogP contribution in [0.3, 0.4) is 0 Å². The van der Waals surface area contributed by atoms with Gasteiger partial charge >= 0.3 is 6.09 Å². The summed E-state index contributed by atoms with van der Waals surface area (Å²) in [5.41, 5.74) is 2.93. The second kappa shape index (κ2) is 8.43. The monoisotopic (exact) mass is 359 g/mol. The maximum Gasteiger partial charge on any atom is 0.413 e. The zero-order valence-electron chi connectivity index (χ0n) is 14.7. The number of para-hydroxylation sites is 1. The number of carbonyl (C=O) groups excluding carboxylic acids is 1. The molecule has 2 N–H and O–H groups in total.